The van der Waals surface area contributed by atoms with Gasteiger partial charge in [0.2, 0.25) is 0 Å². The van der Waals surface area contributed by atoms with E-state index in [-0.39, 0.29) is 17.4 Å². The van der Waals surface area contributed by atoms with Crippen LogP contribution in [-0.2, 0) is 4.79 Å². The van der Waals surface area contributed by atoms with Gasteiger partial charge in [-0.2, -0.15) is 0 Å². The summed E-state index contributed by atoms with van der Waals surface area (Å²) in [5, 5.41) is 22.2. The molecule has 2 aromatic rings. The van der Waals surface area contributed by atoms with E-state index in [9.17, 15) is 25.0 Å². The molecule has 0 aliphatic carbocycles. The maximum absolute atomic E-state index is 13.0. The molecule has 0 radical (unpaired) electrons. The van der Waals surface area contributed by atoms with Crippen molar-refractivity contribution in [3.63, 3.8) is 0 Å². The number of rotatable bonds is 6. The minimum Gasteiger partial charge on any atom is -0.358 e. The van der Waals surface area contributed by atoms with Crippen molar-refractivity contribution >= 4 is 17.4 Å². The van der Waals surface area contributed by atoms with E-state index in [1.165, 1.54) is 0 Å². The standard InChI is InChI=1S/C17H22N4O5/c1-7(13-9(3)16(20(23)24)18-11(13)5)15(22)8(2)14-10(4)17(21(25)26)19-12(14)6/h7-8,18-19H,1-6H3. The molecule has 140 valence electrons. The number of Topliss-reactive ketones (excluding diaryl/α,β-unsaturated/α-hetero) is 1. The summed E-state index contributed by atoms with van der Waals surface area (Å²) in [6.07, 6.45) is 0. The summed E-state index contributed by atoms with van der Waals surface area (Å²) in [6.45, 7) is 10.0. The van der Waals surface area contributed by atoms with Gasteiger partial charge in [-0.15, -0.1) is 0 Å². The summed E-state index contributed by atoms with van der Waals surface area (Å²) in [6, 6.07) is 0. The lowest BCUT2D eigenvalue weighted by atomic mass is 9.83. The topological polar surface area (TPSA) is 135 Å². The second kappa shape index (κ2) is 6.74. The molecular weight excluding hydrogens is 340 g/mol. The van der Waals surface area contributed by atoms with Crippen LogP contribution in [0.2, 0.25) is 0 Å². The quantitative estimate of drug-likeness (QED) is 0.594. The van der Waals surface area contributed by atoms with Crippen LogP contribution in [0.15, 0.2) is 0 Å². The molecule has 26 heavy (non-hydrogen) atoms. The van der Waals surface area contributed by atoms with Crippen LogP contribution >= 0.6 is 0 Å². The Balaban J connectivity index is 2.44. The minimum atomic E-state index is -0.581. The molecule has 2 heterocycles. The Morgan fingerprint density at radius 3 is 1.35 bits per heavy atom. The Morgan fingerprint density at radius 2 is 1.12 bits per heavy atom. The lowest BCUT2D eigenvalue weighted by molar-refractivity contribution is -0.389. The largest absolute Gasteiger partial charge is 0.358 e. The Morgan fingerprint density at radius 1 is 0.808 bits per heavy atom. The van der Waals surface area contributed by atoms with Gasteiger partial charge < -0.3 is 20.2 Å². The van der Waals surface area contributed by atoms with Crippen LogP contribution in [0.1, 0.15) is 59.3 Å². The third-order valence-corrected chi connectivity index (χ3v) is 5.02. The van der Waals surface area contributed by atoms with Crippen LogP contribution < -0.4 is 0 Å². The molecule has 2 rings (SSSR count). The van der Waals surface area contributed by atoms with Gasteiger partial charge >= 0.3 is 11.6 Å². The van der Waals surface area contributed by atoms with Gasteiger partial charge in [0.25, 0.3) is 0 Å². The highest BCUT2D eigenvalue weighted by Gasteiger charge is 2.34. The molecule has 0 fully saturated rings. The van der Waals surface area contributed by atoms with Crippen molar-refractivity contribution in [1.82, 2.24) is 9.97 Å². The lowest BCUT2D eigenvalue weighted by Crippen LogP contribution is -2.18. The molecule has 0 saturated heterocycles. The molecule has 0 amide bonds. The molecule has 0 aliphatic heterocycles. The van der Waals surface area contributed by atoms with Gasteiger partial charge in [-0.05, 0) is 37.5 Å². The zero-order chi connectivity index (χ0) is 19.9. The number of aryl methyl sites for hydroxylation is 2. The van der Waals surface area contributed by atoms with Crippen LogP contribution in [-0.4, -0.2) is 25.6 Å². The minimum absolute atomic E-state index is 0.116. The van der Waals surface area contributed by atoms with Gasteiger partial charge in [0.1, 0.15) is 17.2 Å². The summed E-state index contributed by atoms with van der Waals surface area (Å²) >= 11 is 0. The first-order valence-electron chi connectivity index (χ1n) is 8.19. The molecule has 2 N–H and O–H groups in total. The first-order valence-corrected chi connectivity index (χ1v) is 8.19. The fourth-order valence-corrected chi connectivity index (χ4v) is 3.82. The molecule has 9 heteroatoms. The number of carbonyl (C=O) groups excluding carboxylic acids is 1. The Labute approximate surface area is 150 Å². The predicted octanol–water partition coefficient (Wildman–Crippen LogP) is 3.87. The zero-order valence-corrected chi connectivity index (χ0v) is 15.6. The highest BCUT2D eigenvalue weighted by Crippen LogP contribution is 2.37. The molecule has 0 bridgehead atoms. The van der Waals surface area contributed by atoms with Crippen molar-refractivity contribution < 1.29 is 14.6 Å². The van der Waals surface area contributed by atoms with Gasteiger partial charge in [-0.3, -0.25) is 4.79 Å². The second-order valence-corrected chi connectivity index (χ2v) is 6.63. The number of H-pyrrole nitrogens is 2. The van der Waals surface area contributed by atoms with E-state index in [0.29, 0.717) is 33.6 Å². The second-order valence-electron chi connectivity index (χ2n) is 6.63. The zero-order valence-electron chi connectivity index (χ0n) is 15.6. The van der Waals surface area contributed by atoms with Crippen LogP contribution in [0.5, 0.6) is 0 Å². The highest BCUT2D eigenvalue weighted by atomic mass is 16.6. The lowest BCUT2D eigenvalue weighted by Gasteiger charge is -2.17. The average molecular weight is 362 g/mol. The average Bonchev–Trinajstić information content (AvgIpc) is 3.01. The SMILES string of the molecule is Cc1[nH]c([N+](=O)[O-])c(C)c1C(C)C(=O)C(C)c1c(C)[nH]c([N+](=O)[O-])c1C. The molecule has 0 spiro atoms. The maximum Gasteiger partial charge on any atom is 0.324 e. The number of aromatic amines is 2. The number of nitro groups is 2. The summed E-state index contributed by atoms with van der Waals surface area (Å²) in [4.78, 5) is 39.7. The van der Waals surface area contributed by atoms with E-state index >= 15 is 0 Å². The van der Waals surface area contributed by atoms with E-state index in [2.05, 4.69) is 9.97 Å². The third-order valence-electron chi connectivity index (χ3n) is 5.02. The molecule has 0 aromatic carbocycles. The molecule has 2 unspecified atom stereocenters. The normalized spacial score (nSPS) is 13.5. The van der Waals surface area contributed by atoms with Crippen molar-refractivity contribution in [3.8, 4) is 0 Å². The first kappa shape index (κ1) is 19.4. The van der Waals surface area contributed by atoms with E-state index in [0.717, 1.165) is 0 Å². The summed E-state index contributed by atoms with van der Waals surface area (Å²) in [5.74, 6) is -1.54. The Hall–Kier alpha value is -2.97. The first-order chi connectivity index (χ1) is 12.0. The number of carbonyl (C=O) groups is 1. The maximum atomic E-state index is 13.0. The van der Waals surface area contributed by atoms with Gasteiger partial charge in [0, 0.05) is 23.0 Å². The number of nitrogens with one attached hydrogen (secondary N) is 2. The predicted molar refractivity (Wildman–Crippen MR) is 95.7 cm³/mol. The van der Waals surface area contributed by atoms with Crippen molar-refractivity contribution in [3.05, 3.63) is 53.9 Å². The van der Waals surface area contributed by atoms with Crippen LogP contribution in [0.25, 0.3) is 0 Å². The van der Waals surface area contributed by atoms with Crippen molar-refractivity contribution in [2.24, 2.45) is 0 Å². The molecule has 2 atom stereocenters. The van der Waals surface area contributed by atoms with Gasteiger partial charge in [-0.25, -0.2) is 9.97 Å². The Bertz CT molecular complexity index is 837. The summed E-state index contributed by atoms with van der Waals surface area (Å²) < 4.78 is 0. The third kappa shape index (κ3) is 3.00. The number of aromatic nitrogens is 2. The molecule has 0 aliphatic rings. The molecule has 2 aromatic heterocycles. The number of ketones is 1. The van der Waals surface area contributed by atoms with Gasteiger partial charge in [0.15, 0.2) is 0 Å². The van der Waals surface area contributed by atoms with Gasteiger partial charge in [-0.1, -0.05) is 13.8 Å². The Kier molecular flexibility index (Phi) is 5.02. The number of hydrogen-bond acceptors (Lipinski definition) is 5. The number of hydrogen-bond donors (Lipinski definition) is 2. The van der Waals surface area contributed by atoms with Crippen molar-refractivity contribution in [2.45, 2.75) is 53.4 Å². The van der Waals surface area contributed by atoms with Crippen molar-refractivity contribution in [1.29, 1.82) is 0 Å². The van der Waals surface area contributed by atoms with Crippen LogP contribution in [0.3, 0.4) is 0 Å². The fourth-order valence-electron chi connectivity index (χ4n) is 3.82. The van der Waals surface area contributed by atoms with Crippen LogP contribution in [0, 0.1) is 47.9 Å². The monoisotopic (exact) mass is 362 g/mol. The summed E-state index contributed by atoms with van der Waals surface area (Å²) in [5.41, 5.74) is 3.25. The highest BCUT2D eigenvalue weighted by molar-refractivity contribution is 5.92. The van der Waals surface area contributed by atoms with Gasteiger partial charge in [0.05, 0.1) is 11.1 Å². The van der Waals surface area contributed by atoms with E-state index < -0.39 is 21.7 Å². The molecule has 9 nitrogen and oxygen atoms in total. The van der Waals surface area contributed by atoms with E-state index in [1.807, 2.05) is 0 Å². The van der Waals surface area contributed by atoms with Crippen molar-refractivity contribution in [2.75, 3.05) is 0 Å². The van der Waals surface area contributed by atoms with E-state index in [4.69, 9.17) is 0 Å². The smallest absolute Gasteiger partial charge is 0.324 e. The fraction of sp³-hybridized carbons (Fsp3) is 0.471. The number of nitrogens with zero attached hydrogens (tertiary/aromatic N) is 2. The van der Waals surface area contributed by atoms with E-state index in [1.54, 1.807) is 41.5 Å². The molecule has 0 saturated carbocycles. The molecular formula is C17H22N4O5. The summed E-state index contributed by atoms with van der Waals surface area (Å²) in [7, 11) is 0. The van der Waals surface area contributed by atoms with Crippen LogP contribution in [0.4, 0.5) is 11.6 Å².